The van der Waals surface area contributed by atoms with Gasteiger partial charge in [0.1, 0.15) is 5.82 Å². The molecule has 0 amide bonds. The molecule has 2 atom stereocenters. The van der Waals surface area contributed by atoms with Gasteiger partial charge in [-0.1, -0.05) is 6.92 Å². The van der Waals surface area contributed by atoms with Crippen molar-refractivity contribution in [1.82, 2.24) is 4.98 Å². The molecule has 0 bridgehead atoms. The van der Waals surface area contributed by atoms with Crippen molar-refractivity contribution in [2.45, 2.75) is 39.7 Å². The van der Waals surface area contributed by atoms with Crippen LogP contribution in [0.3, 0.4) is 0 Å². The molecule has 0 radical (unpaired) electrons. The second-order valence-electron chi connectivity index (χ2n) is 4.98. The number of rotatable bonds is 3. The van der Waals surface area contributed by atoms with Crippen molar-refractivity contribution in [3.8, 4) is 0 Å². The van der Waals surface area contributed by atoms with Gasteiger partial charge in [0.15, 0.2) is 0 Å². The topological polar surface area (TPSA) is 28.2 Å². The third kappa shape index (κ3) is 2.71. The van der Waals surface area contributed by atoms with Gasteiger partial charge < -0.3 is 10.2 Å². The van der Waals surface area contributed by atoms with E-state index in [4.69, 9.17) is 0 Å². The van der Waals surface area contributed by atoms with E-state index < -0.39 is 0 Å². The first-order valence-corrected chi connectivity index (χ1v) is 6.69. The Morgan fingerprint density at radius 2 is 2.29 bits per heavy atom. The van der Waals surface area contributed by atoms with Crippen LogP contribution in [0.25, 0.3) is 0 Å². The Morgan fingerprint density at radius 1 is 1.47 bits per heavy atom. The molecular weight excluding hydrogens is 210 g/mol. The van der Waals surface area contributed by atoms with Gasteiger partial charge in [-0.3, -0.25) is 0 Å². The van der Waals surface area contributed by atoms with Gasteiger partial charge >= 0.3 is 0 Å². The highest BCUT2D eigenvalue weighted by Crippen LogP contribution is 2.29. The van der Waals surface area contributed by atoms with Gasteiger partial charge in [-0.2, -0.15) is 0 Å². The number of anilines is 2. The van der Waals surface area contributed by atoms with Gasteiger partial charge in [-0.15, -0.1) is 0 Å². The molecule has 2 rings (SSSR count). The van der Waals surface area contributed by atoms with Crippen molar-refractivity contribution in [2.75, 3.05) is 23.3 Å². The maximum Gasteiger partial charge on any atom is 0.127 e. The van der Waals surface area contributed by atoms with E-state index in [1.807, 2.05) is 6.20 Å². The molecule has 1 saturated heterocycles. The predicted molar refractivity (Wildman–Crippen MR) is 73.6 cm³/mol. The van der Waals surface area contributed by atoms with E-state index in [1.54, 1.807) is 0 Å². The van der Waals surface area contributed by atoms with Gasteiger partial charge in [-0.25, -0.2) is 4.98 Å². The van der Waals surface area contributed by atoms with E-state index in [-0.39, 0.29) is 0 Å². The zero-order valence-electron chi connectivity index (χ0n) is 11.1. The number of piperidine rings is 1. The van der Waals surface area contributed by atoms with Crippen LogP contribution in [0.1, 0.15) is 33.6 Å². The predicted octanol–water partition coefficient (Wildman–Crippen LogP) is 3.14. The molecule has 1 aliphatic heterocycles. The van der Waals surface area contributed by atoms with Gasteiger partial charge in [0.25, 0.3) is 0 Å². The summed E-state index contributed by atoms with van der Waals surface area (Å²) in [6, 6.07) is 4.91. The summed E-state index contributed by atoms with van der Waals surface area (Å²) in [5.74, 6) is 1.76. The summed E-state index contributed by atoms with van der Waals surface area (Å²) in [6.07, 6.45) is 4.55. The van der Waals surface area contributed by atoms with Crippen molar-refractivity contribution >= 4 is 11.5 Å². The molecule has 0 aromatic carbocycles. The van der Waals surface area contributed by atoms with E-state index in [0.29, 0.717) is 6.04 Å². The summed E-state index contributed by atoms with van der Waals surface area (Å²) in [5.41, 5.74) is 1.30. The van der Waals surface area contributed by atoms with E-state index in [9.17, 15) is 0 Å². The Bertz CT molecular complexity index is 364. The number of hydrogen-bond donors (Lipinski definition) is 1. The summed E-state index contributed by atoms with van der Waals surface area (Å²) in [6.45, 7) is 8.86. The summed E-state index contributed by atoms with van der Waals surface area (Å²) in [4.78, 5) is 6.84. The minimum absolute atomic E-state index is 0.626. The molecule has 0 aliphatic carbocycles. The maximum absolute atomic E-state index is 4.33. The first-order chi connectivity index (χ1) is 8.22. The first-order valence-electron chi connectivity index (χ1n) is 6.69. The molecule has 3 heteroatoms. The molecule has 2 heterocycles. The summed E-state index contributed by atoms with van der Waals surface area (Å²) in [5, 5.41) is 3.28. The quantitative estimate of drug-likeness (QED) is 0.869. The highest BCUT2D eigenvalue weighted by Gasteiger charge is 2.24. The normalized spacial score (nSPS) is 24.8. The van der Waals surface area contributed by atoms with Crippen LogP contribution in [0, 0.1) is 5.92 Å². The molecule has 17 heavy (non-hydrogen) atoms. The highest BCUT2D eigenvalue weighted by molar-refractivity contribution is 5.54. The fraction of sp³-hybridized carbons (Fsp3) is 0.643. The summed E-state index contributed by atoms with van der Waals surface area (Å²) >= 11 is 0. The number of nitrogens with one attached hydrogen (secondary N) is 1. The standard InChI is InChI=1S/C14H23N3/c1-4-15-14-10-13(7-8-16-14)17-9-5-6-11(2)12(17)3/h7-8,10-12H,4-6,9H2,1-3H3,(H,15,16). The lowest BCUT2D eigenvalue weighted by atomic mass is 9.92. The van der Waals surface area contributed by atoms with Crippen LogP contribution in [0.5, 0.6) is 0 Å². The van der Waals surface area contributed by atoms with E-state index in [1.165, 1.54) is 25.1 Å². The molecule has 94 valence electrons. The summed E-state index contributed by atoms with van der Waals surface area (Å²) in [7, 11) is 0. The molecule has 1 fully saturated rings. The largest absolute Gasteiger partial charge is 0.370 e. The van der Waals surface area contributed by atoms with Crippen molar-refractivity contribution in [1.29, 1.82) is 0 Å². The fourth-order valence-electron chi connectivity index (χ4n) is 2.58. The minimum atomic E-state index is 0.626. The van der Waals surface area contributed by atoms with Crippen LogP contribution in [0.4, 0.5) is 11.5 Å². The van der Waals surface area contributed by atoms with Crippen molar-refractivity contribution < 1.29 is 0 Å². The fourth-order valence-corrected chi connectivity index (χ4v) is 2.58. The zero-order valence-corrected chi connectivity index (χ0v) is 11.1. The SMILES string of the molecule is CCNc1cc(N2CCCC(C)C2C)ccn1. The van der Waals surface area contributed by atoms with Gasteiger partial charge in [0, 0.05) is 37.1 Å². The van der Waals surface area contributed by atoms with Crippen LogP contribution < -0.4 is 10.2 Å². The lowest BCUT2D eigenvalue weighted by molar-refractivity contribution is 0.363. The van der Waals surface area contributed by atoms with Crippen molar-refractivity contribution in [3.05, 3.63) is 18.3 Å². The summed E-state index contributed by atoms with van der Waals surface area (Å²) < 4.78 is 0. The average Bonchev–Trinajstić information content (AvgIpc) is 2.33. The molecule has 1 N–H and O–H groups in total. The van der Waals surface area contributed by atoms with Gasteiger partial charge in [0.05, 0.1) is 0 Å². The lowest BCUT2D eigenvalue weighted by Crippen LogP contribution is -2.42. The number of pyridine rings is 1. The van der Waals surface area contributed by atoms with E-state index in [0.717, 1.165) is 18.3 Å². The van der Waals surface area contributed by atoms with Crippen LogP contribution in [0.15, 0.2) is 18.3 Å². The first kappa shape index (κ1) is 12.2. The smallest absolute Gasteiger partial charge is 0.127 e. The second-order valence-corrected chi connectivity index (χ2v) is 4.98. The van der Waals surface area contributed by atoms with E-state index >= 15 is 0 Å². The van der Waals surface area contributed by atoms with Crippen LogP contribution >= 0.6 is 0 Å². The Kier molecular flexibility index (Phi) is 3.87. The van der Waals surface area contributed by atoms with Gasteiger partial charge in [0.2, 0.25) is 0 Å². The highest BCUT2D eigenvalue weighted by atomic mass is 15.2. The van der Waals surface area contributed by atoms with Crippen molar-refractivity contribution in [2.24, 2.45) is 5.92 Å². The zero-order chi connectivity index (χ0) is 12.3. The number of nitrogens with zero attached hydrogens (tertiary/aromatic N) is 2. The monoisotopic (exact) mass is 233 g/mol. The Labute approximate surface area is 104 Å². The van der Waals surface area contributed by atoms with Crippen LogP contribution in [-0.2, 0) is 0 Å². The number of hydrogen-bond acceptors (Lipinski definition) is 3. The Balaban J connectivity index is 2.17. The molecule has 0 spiro atoms. The molecular formula is C14H23N3. The van der Waals surface area contributed by atoms with Crippen LogP contribution in [0.2, 0.25) is 0 Å². The van der Waals surface area contributed by atoms with Crippen LogP contribution in [-0.4, -0.2) is 24.1 Å². The third-order valence-corrected chi connectivity index (χ3v) is 3.81. The molecule has 1 aliphatic rings. The third-order valence-electron chi connectivity index (χ3n) is 3.81. The molecule has 1 aromatic rings. The minimum Gasteiger partial charge on any atom is -0.370 e. The lowest BCUT2D eigenvalue weighted by Gasteiger charge is -2.39. The van der Waals surface area contributed by atoms with E-state index in [2.05, 4.69) is 48.1 Å². The maximum atomic E-state index is 4.33. The Hall–Kier alpha value is -1.25. The second kappa shape index (κ2) is 5.39. The Morgan fingerprint density at radius 3 is 3.06 bits per heavy atom. The van der Waals surface area contributed by atoms with Crippen molar-refractivity contribution in [3.63, 3.8) is 0 Å². The molecule has 0 saturated carbocycles. The average molecular weight is 233 g/mol. The van der Waals surface area contributed by atoms with Gasteiger partial charge in [-0.05, 0) is 38.7 Å². The molecule has 2 unspecified atom stereocenters. The molecule has 1 aromatic heterocycles. The number of aromatic nitrogens is 1. The molecule has 3 nitrogen and oxygen atoms in total.